The van der Waals surface area contributed by atoms with Crippen LogP contribution in [-0.2, 0) is 6.42 Å². The van der Waals surface area contributed by atoms with E-state index in [1.54, 1.807) is 0 Å². The first-order valence-corrected chi connectivity index (χ1v) is 5.31. The molecule has 1 atom stereocenters. The van der Waals surface area contributed by atoms with E-state index in [2.05, 4.69) is 57.0 Å². The molecule has 0 N–H and O–H groups in total. The Morgan fingerprint density at radius 2 is 1.86 bits per heavy atom. The third-order valence-electron chi connectivity index (χ3n) is 3.25. The predicted molar refractivity (Wildman–Crippen MR) is 61.8 cm³/mol. The van der Waals surface area contributed by atoms with Crippen LogP contribution in [0, 0.1) is 5.41 Å². The van der Waals surface area contributed by atoms with Crippen LogP contribution in [0.3, 0.4) is 0 Å². The molecule has 2 rings (SSSR count). The molecule has 0 saturated carbocycles. The lowest BCUT2D eigenvalue weighted by Crippen LogP contribution is -2.39. The number of para-hydroxylation sites is 1. The van der Waals surface area contributed by atoms with Gasteiger partial charge in [-0.3, -0.25) is 0 Å². The van der Waals surface area contributed by atoms with Crippen LogP contribution in [0.15, 0.2) is 24.3 Å². The Balaban J connectivity index is 2.35. The van der Waals surface area contributed by atoms with Gasteiger partial charge >= 0.3 is 0 Å². The summed E-state index contributed by atoms with van der Waals surface area (Å²) in [6.07, 6.45) is 1.19. The van der Waals surface area contributed by atoms with E-state index in [4.69, 9.17) is 0 Å². The van der Waals surface area contributed by atoms with Gasteiger partial charge in [0.15, 0.2) is 0 Å². The van der Waals surface area contributed by atoms with Gasteiger partial charge in [0.1, 0.15) is 0 Å². The molecule has 1 nitrogen and oxygen atoms in total. The number of hydrogen-bond acceptors (Lipinski definition) is 1. The lowest BCUT2D eigenvalue weighted by molar-refractivity contribution is 0.320. The summed E-state index contributed by atoms with van der Waals surface area (Å²) in [5.74, 6) is 0. The number of anilines is 1. The van der Waals surface area contributed by atoms with Crippen molar-refractivity contribution in [3.63, 3.8) is 0 Å². The number of hydrogen-bond donors (Lipinski definition) is 0. The van der Waals surface area contributed by atoms with Crippen molar-refractivity contribution in [1.29, 1.82) is 0 Å². The van der Waals surface area contributed by atoms with Gasteiger partial charge in [0.25, 0.3) is 0 Å². The van der Waals surface area contributed by atoms with Crippen molar-refractivity contribution in [3.05, 3.63) is 29.8 Å². The minimum Gasteiger partial charge on any atom is -0.371 e. The molecule has 0 spiro atoms. The SMILES string of the molecule is CN1c2ccccc2CC1C(C)(C)C. The maximum Gasteiger partial charge on any atom is 0.0399 e. The second kappa shape index (κ2) is 3.01. The van der Waals surface area contributed by atoms with Crippen molar-refractivity contribution in [1.82, 2.24) is 0 Å². The number of benzene rings is 1. The maximum absolute atomic E-state index is 2.43. The molecule has 14 heavy (non-hydrogen) atoms. The molecule has 0 aliphatic carbocycles. The molecular weight excluding hydrogens is 170 g/mol. The summed E-state index contributed by atoms with van der Waals surface area (Å²) in [7, 11) is 2.21. The largest absolute Gasteiger partial charge is 0.371 e. The first-order chi connectivity index (χ1) is 6.50. The van der Waals surface area contributed by atoms with Gasteiger partial charge in [-0.2, -0.15) is 0 Å². The molecular formula is C13H19N. The van der Waals surface area contributed by atoms with E-state index in [-0.39, 0.29) is 0 Å². The van der Waals surface area contributed by atoms with Crippen LogP contribution in [0.4, 0.5) is 5.69 Å². The summed E-state index contributed by atoms with van der Waals surface area (Å²) in [4.78, 5) is 2.43. The van der Waals surface area contributed by atoms with Crippen LogP contribution in [0.2, 0.25) is 0 Å². The van der Waals surface area contributed by atoms with Gasteiger partial charge in [-0.25, -0.2) is 0 Å². The molecule has 1 aromatic rings. The van der Waals surface area contributed by atoms with E-state index < -0.39 is 0 Å². The average molecular weight is 189 g/mol. The second-order valence-electron chi connectivity index (χ2n) is 5.33. The molecule has 0 radical (unpaired) electrons. The molecule has 1 aliphatic rings. The fraction of sp³-hybridized carbons (Fsp3) is 0.538. The first kappa shape index (κ1) is 9.57. The molecule has 0 fully saturated rings. The lowest BCUT2D eigenvalue weighted by Gasteiger charge is -2.34. The lowest BCUT2D eigenvalue weighted by atomic mass is 9.84. The van der Waals surface area contributed by atoms with Crippen molar-refractivity contribution in [2.75, 3.05) is 11.9 Å². The molecule has 1 heterocycles. The van der Waals surface area contributed by atoms with Crippen LogP contribution < -0.4 is 4.90 Å². The molecule has 1 aliphatic heterocycles. The summed E-state index contributed by atoms with van der Waals surface area (Å²) in [5.41, 5.74) is 3.26. The molecule has 76 valence electrons. The van der Waals surface area contributed by atoms with Gasteiger partial charge in [-0.1, -0.05) is 39.0 Å². The van der Waals surface area contributed by atoms with Crippen LogP contribution in [0.25, 0.3) is 0 Å². The van der Waals surface area contributed by atoms with E-state index >= 15 is 0 Å². The van der Waals surface area contributed by atoms with E-state index in [9.17, 15) is 0 Å². The highest BCUT2D eigenvalue weighted by Crippen LogP contribution is 2.38. The highest BCUT2D eigenvalue weighted by Gasteiger charge is 2.34. The molecule has 0 saturated heterocycles. The van der Waals surface area contributed by atoms with Crippen LogP contribution in [0.5, 0.6) is 0 Å². The fourth-order valence-corrected chi connectivity index (χ4v) is 2.43. The second-order valence-corrected chi connectivity index (χ2v) is 5.33. The zero-order chi connectivity index (χ0) is 10.3. The summed E-state index contributed by atoms with van der Waals surface area (Å²) in [6.45, 7) is 6.96. The van der Waals surface area contributed by atoms with Gasteiger partial charge in [-0.15, -0.1) is 0 Å². The van der Waals surface area contributed by atoms with Crippen molar-refractivity contribution in [3.8, 4) is 0 Å². The molecule has 1 aromatic carbocycles. The summed E-state index contributed by atoms with van der Waals surface area (Å²) >= 11 is 0. The van der Waals surface area contributed by atoms with Gasteiger partial charge in [0, 0.05) is 18.8 Å². The van der Waals surface area contributed by atoms with Gasteiger partial charge in [0.2, 0.25) is 0 Å². The Morgan fingerprint density at radius 1 is 1.21 bits per heavy atom. The predicted octanol–water partition coefficient (Wildman–Crippen LogP) is 3.09. The van der Waals surface area contributed by atoms with Crippen molar-refractivity contribution >= 4 is 5.69 Å². The van der Waals surface area contributed by atoms with Crippen LogP contribution in [-0.4, -0.2) is 13.1 Å². The highest BCUT2D eigenvalue weighted by molar-refractivity contribution is 5.59. The zero-order valence-electron chi connectivity index (χ0n) is 9.54. The summed E-state index contributed by atoms with van der Waals surface area (Å²) < 4.78 is 0. The number of nitrogens with zero attached hydrogens (tertiary/aromatic N) is 1. The van der Waals surface area contributed by atoms with E-state index in [1.807, 2.05) is 0 Å². The average Bonchev–Trinajstić information content (AvgIpc) is 2.44. The van der Waals surface area contributed by atoms with E-state index in [0.717, 1.165) is 0 Å². The van der Waals surface area contributed by atoms with Crippen LogP contribution >= 0.6 is 0 Å². The Bertz CT molecular complexity index is 335. The van der Waals surface area contributed by atoms with Gasteiger partial charge in [0.05, 0.1) is 0 Å². The van der Waals surface area contributed by atoms with Gasteiger partial charge in [-0.05, 0) is 23.5 Å². The summed E-state index contributed by atoms with van der Waals surface area (Å²) in [5, 5.41) is 0. The topological polar surface area (TPSA) is 3.24 Å². The quantitative estimate of drug-likeness (QED) is 0.606. The Kier molecular flexibility index (Phi) is 2.06. The fourth-order valence-electron chi connectivity index (χ4n) is 2.43. The third-order valence-corrected chi connectivity index (χ3v) is 3.25. The van der Waals surface area contributed by atoms with Crippen molar-refractivity contribution in [2.24, 2.45) is 5.41 Å². The van der Waals surface area contributed by atoms with Crippen LogP contribution in [0.1, 0.15) is 26.3 Å². The number of fused-ring (bicyclic) bond motifs is 1. The minimum atomic E-state index is 0.355. The molecule has 1 heteroatoms. The smallest absolute Gasteiger partial charge is 0.0399 e. The summed E-state index contributed by atoms with van der Waals surface area (Å²) in [6, 6.07) is 9.37. The highest BCUT2D eigenvalue weighted by atomic mass is 15.2. The monoisotopic (exact) mass is 189 g/mol. The Hall–Kier alpha value is -0.980. The molecule has 0 amide bonds. The van der Waals surface area contributed by atoms with E-state index in [0.29, 0.717) is 11.5 Å². The first-order valence-electron chi connectivity index (χ1n) is 5.31. The zero-order valence-corrected chi connectivity index (χ0v) is 9.54. The number of likely N-dealkylation sites (N-methyl/N-ethyl adjacent to an activating group) is 1. The molecule has 1 unspecified atom stereocenters. The molecule has 0 aromatic heterocycles. The van der Waals surface area contributed by atoms with Crippen molar-refractivity contribution < 1.29 is 0 Å². The maximum atomic E-state index is 2.43. The Labute approximate surface area is 86.7 Å². The third kappa shape index (κ3) is 1.41. The van der Waals surface area contributed by atoms with Gasteiger partial charge < -0.3 is 4.90 Å². The van der Waals surface area contributed by atoms with Crippen molar-refractivity contribution in [2.45, 2.75) is 33.2 Å². The Morgan fingerprint density at radius 3 is 2.43 bits per heavy atom. The number of rotatable bonds is 0. The molecule has 0 bridgehead atoms. The minimum absolute atomic E-state index is 0.355. The van der Waals surface area contributed by atoms with E-state index in [1.165, 1.54) is 17.7 Å². The normalized spacial score (nSPS) is 21.1. The standard InChI is InChI=1S/C13H19N/c1-13(2,3)12-9-10-7-5-6-8-11(10)14(12)4/h5-8,12H,9H2,1-4H3.